The van der Waals surface area contributed by atoms with Gasteiger partial charge in [0.15, 0.2) is 5.13 Å². The molecule has 0 fully saturated rings. The van der Waals surface area contributed by atoms with Crippen molar-refractivity contribution in [2.24, 2.45) is 0 Å². The molecule has 0 radical (unpaired) electrons. The molecule has 1 N–H and O–H groups in total. The van der Waals surface area contributed by atoms with Crippen LogP contribution < -0.4 is 5.32 Å². The lowest BCUT2D eigenvalue weighted by molar-refractivity contribution is 0.102. The van der Waals surface area contributed by atoms with Gasteiger partial charge in [-0.25, -0.2) is 4.98 Å². The molecule has 1 aliphatic heterocycles. The molecule has 0 atom stereocenters. The number of rotatable bonds is 3. The van der Waals surface area contributed by atoms with Crippen molar-refractivity contribution in [1.29, 1.82) is 0 Å². The molecular weight excluding hydrogens is 334 g/mol. The summed E-state index contributed by atoms with van der Waals surface area (Å²) in [5.41, 5.74) is 2.02. The molecule has 0 unspecified atom stereocenters. The number of nitrogens with one attached hydrogen (secondary N) is 1. The predicted molar refractivity (Wildman–Crippen MR) is 93.6 cm³/mol. The number of hydrogen-bond acceptors (Lipinski definition) is 5. The second kappa shape index (κ2) is 5.91. The predicted octanol–water partition coefficient (Wildman–Crippen LogP) is 4.04. The minimum atomic E-state index is -0.0527. The lowest BCUT2D eigenvalue weighted by Gasteiger charge is -2.12. The van der Waals surface area contributed by atoms with Crippen LogP contribution in [0.3, 0.4) is 0 Å². The maximum atomic E-state index is 12.8. The summed E-state index contributed by atoms with van der Waals surface area (Å²) in [6.07, 6.45) is 6.64. The van der Waals surface area contributed by atoms with Crippen LogP contribution in [0.1, 0.15) is 20.8 Å². The number of fused-ring (bicyclic) bond motifs is 1. The molecular formula is C15H13N3OS3. The molecule has 1 aliphatic rings. The molecule has 112 valence electrons. The molecule has 0 spiro atoms. The Morgan fingerprint density at radius 3 is 2.95 bits per heavy atom. The number of anilines is 1. The van der Waals surface area contributed by atoms with Crippen molar-refractivity contribution in [2.45, 2.75) is 12.2 Å². The molecule has 0 aromatic carbocycles. The lowest BCUT2D eigenvalue weighted by atomic mass is 10.1. The van der Waals surface area contributed by atoms with E-state index in [4.69, 9.17) is 0 Å². The van der Waals surface area contributed by atoms with Gasteiger partial charge in [0.1, 0.15) is 5.00 Å². The van der Waals surface area contributed by atoms with E-state index in [-0.39, 0.29) is 5.91 Å². The van der Waals surface area contributed by atoms with E-state index in [1.165, 1.54) is 21.8 Å². The van der Waals surface area contributed by atoms with Gasteiger partial charge < -0.3 is 4.57 Å². The van der Waals surface area contributed by atoms with E-state index < -0.39 is 0 Å². The summed E-state index contributed by atoms with van der Waals surface area (Å²) < 4.78 is 2.03. The van der Waals surface area contributed by atoms with Gasteiger partial charge in [0.05, 0.1) is 5.56 Å². The number of amides is 1. The molecule has 0 bridgehead atoms. The highest BCUT2D eigenvalue weighted by Crippen LogP contribution is 2.38. The third kappa shape index (κ3) is 2.49. The topological polar surface area (TPSA) is 46.9 Å². The minimum absolute atomic E-state index is 0.0527. The summed E-state index contributed by atoms with van der Waals surface area (Å²) in [6.45, 7) is 0. The molecule has 4 heterocycles. The number of thioether (sulfide) groups is 1. The van der Waals surface area contributed by atoms with E-state index in [1.54, 1.807) is 17.5 Å². The minimum Gasteiger partial charge on any atom is -0.315 e. The van der Waals surface area contributed by atoms with Crippen LogP contribution in [0, 0.1) is 0 Å². The summed E-state index contributed by atoms with van der Waals surface area (Å²) in [5, 5.41) is 6.45. The van der Waals surface area contributed by atoms with Crippen LogP contribution in [0.2, 0.25) is 0 Å². The molecule has 3 aromatic heterocycles. The Morgan fingerprint density at radius 1 is 1.32 bits per heavy atom. The fourth-order valence-corrected chi connectivity index (χ4v) is 5.52. The average molecular weight is 347 g/mol. The standard InChI is InChI=1S/C15H13N3OS3/c19-13(17-15-16-4-8-21-15)12-10-3-7-20-9-11(10)22-14(12)18-5-1-2-6-18/h1-2,4-6,8H,3,7,9H2,(H,16,17,19). The Kier molecular flexibility index (Phi) is 3.77. The van der Waals surface area contributed by atoms with Crippen LogP contribution >= 0.6 is 34.4 Å². The number of carbonyl (C=O) groups is 1. The van der Waals surface area contributed by atoms with Crippen LogP contribution in [0.25, 0.3) is 5.00 Å². The van der Waals surface area contributed by atoms with Crippen LogP contribution in [0.15, 0.2) is 36.1 Å². The van der Waals surface area contributed by atoms with Crippen LogP contribution in [-0.4, -0.2) is 21.2 Å². The van der Waals surface area contributed by atoms with Crippen LogP contribution in [-0.2, 0) is 12.2 Å². The fraction of sp³-hybridized carbons (Fsp3) is 0.200. The van der Waals surface area contributed by atoms with Crippen molar-refractivity contribution < 1.29 is 4.79 Å². The van der Waals surface area contributed by atoms with E-state index in [0.29, 0.717) is 5.13 Å². The van der Waals surface area contributed by atoms with Crippen molar-refractivity contribution in [3.05, 3.63) is 52.1 Å². The number of carbonyl (C=O) groups excluding carboxylic acids is 1. The van der Waals surface area contributed by atoms with Crippen LogP contribution in [0.5, 0.6) is 0 Å². The van der Waals surface area contributed by atoms with Crippen molar-refractivity contribution in [1.82, 2.24) is 9.55 Å². The fourth-order valence-electron chi connectivity index (χ4n) is 2.55. The van der Waals surface area contributed by atoms with Gasteiger partial charge in [-0.1, -0.05) is 0 Å². The first kappa shape index (κ1) is 14.0. The van der Waals surface area contributed by atoms with Crippen molar-refractivity contribution >= 4 is 45.5 Å². The summed E-state index contributed by atoms with van der Waals surface area (Å²) in [5.74, 6) is 2.02. The smallest absolute Gasteiger partial charge is 0.260 e. The summed E-state index contributed by atoms with van der Waals surface area (Å²) in [6, 6.07) is 3.96. The summed E-state index contributed by atoms with van der Waals surface area (Å²) >= 11 is 5.10. The van der Waals surface area contributed by atoms with Gasteiger partial charge >= 0.3 is 0 Å². The zero-order chi connectivity index (χ0) is 14.9. The van der Waals surface area contributed by atoms with E-state index in [0.717, 1.165) is 28.5 Å². The first-order valence-corrected chi connectivity index (χ1v) is 9.74. The molecule has 1 amide bonds. The number of thiazole rings is 1. The normalized spacial score (nSPS) is 13.8. The van der Waals surface area contributed by atoms with E-state index in [9.17, 15) is 4.79 Å². The zero-order valence-corrected chi connectivity index (χ0v) is 14.1. The highest BCUT2D eigenvalue weighted by atomic mass is 32.2. The summed E-state index contributed by atoms with van der Waals surface area (Å²) in [4.78, 5) is 18.3. The quantitative estimate of drug-likeness (QED) is 0.778. The monoisotopic (exact) mass is 347 g/mol. The Hall–Kier alpha value is -1.57. The number of hydrogen-bond donors (Lipinski definition) is 1. The van der Waals surface area contributed by atoms with E-state index in [1.807, 2.05) is 46.2 Å². The van der Waals surface area contributed by atoms with Gasteiger partial charge in [0, 0.05) is 34.6 Å². The van der Waals surface area contributed by atoms with Gasteiger partial charge in [0.25, 0.3) is 5.91 Å². The maximum Gasteiger partial charge on any atom is 0.260 e. The zero-order valence-electron chi connectivity index (χ0n) is 11.6. The second-order valence-corrected chi connectivity index (χ2v) is 7.95. The number of aromatic nitrogens is 2. The molecule has 7 heteroatoms. The second-order valence-electron chi connectivity index (χ2n) is 4.87. The van der Waals surface area contributed by atoms with Gasteiger partial charge in [-0.15, -0.1) is 22.7 Å². The average Bonchev–Trinajstić information content (AvgIpc) is 3.26. The third-order valence-electron chi connectivity index (χ3n) is 3.52. The Morgan fingerprint density at radius 2 is 2.18 bits per heavy atom. The molecule has 4 nitrogen and oxygen atoms in total. The van der Waals surface area contributed by atoms with Gasteiger partial charge in [-0.2, -0.15) is 11.8 Å². The molecule has 3 aromatic rings. The largest absolute Gasteiger partial charge is 0.315 e. The molecule has 0 aliphatic carbocycles. The Balaban J connectivity index is 1.79. The first-order valence-electron chi connectivity index (χ1n) is 6.89. The lowest BCUT2D eigenvalue weighted by Crippen LogP contribution is -2.16. The van der Waals surface area contributed by atoms with E-state index >= 15 is 0 Å². The maximum absolute atomic E-state index is 12.8. The molecule has 22 heavy (non-hydrogen) atoms. The molecule has 4 rings (SSSR count). The van der Waals surface area contributed by atoms with Crippen molar-refractivity contribution in [2.75, 3.05) is 11.1 Å². The highest BCUT2D eigenvalue weighted by molar-refractivity contribution is 7.98. The Bertz CT molecular complexity index is 790. The Labute approximate surface area is 140 Å². The third-order valence-corrected chi connectivity index (χ3v) is 6.62. The van der Waals surface area contributed by atoms with Crippen LogP contribution in [0.4, 0.5) is 5.13 Å². The van der Waals surface area contributed by atoms with Gasteiger partial charge in [-0.05, 0) is 29.9 Å². The number of nitrogens with zero attached hydrogens (tertiary/aromatic N) is 2. The van der Waals surface area contributed by atoms with Crippen molar-refractivity contribution in [3.8, 4) is 5.00 Å². The van der Waals surface area contributed by atoms with E-state index in [2.05, 4.69) is 10.3 Å². The highest BCUT2D eigenvalue weighted by Gasteiger charge is 2.26. The molecule has 0 saturated carbocycles. The SMILES string of the molecule is O=C(Nc1nccs1)c1c(-n2cccc2)sc2c1CCSC2. The summed E-state index contributed by atoms with van der Waals surface area (Å²) in [7, 11) is 0. The van der Waals surface area contributed by atoms with Crippen molar-refractivity contribution in [3.63, 3.8) is 0 Å². The van der Waals surface area contributed by atoms with Gasteiger partial charge in [0.2, 0.25) is 0 Å². The number of thiophene rings is 1. The molecule has 0 saturated heterocycles. The van der Waals surface area contributed by atoms with Gasteiger partial charge in [-0.3, -0.25) is 10.1 Å². The first-order chi connectivity index (χ1) is 10.8.